The van der Waals surface area contributed by atoms with Crippen molar-refractivity contribution in [2.75, 3.05) is 19.7 Å². The van der Waals surface area contributed by atoms with Crippen LogP contribution in [-0.2, 0) is 9.53 Å². The van der Waals surface area contributed by atoms with Gasteiger partial charge in [0.25, 0.3) is 5.91 Å². The highest BCUT2D eigenvalue weighted by atomic mass is 32.1. The molecule has 0 saturated heterocycles. The number of thiazole rings is 1. The minimum atomic E-state index is -0.474. The topological polar surface area (TPSA) is 59.5 Å². The van der Waals surface area contributed by atoms with Crippen LogP contribution in [0, 0.1) is 0 Å². The predicted molar refractivity (Wildman–Crippen MR) is 101 cm³/mol. The van der Waals surface area contributed by atoms with E-state index in [1.807, 2.05) is 44.2 Å². The highest BCUT2D eigenvalue weighted by molar-refractivity contribution is 7.26. The van der Waals surface area contributed by atoms with Crippen molar-refractivity contribution in [1.29, 1.82) is 0 Å². The number of amides is 1. The van der Waals surface area contributed by atoms with Crippen LogP contribution in [0.5, 0.6) is 0 Å². The molecule has 0 unspecified atom stereocenters. The van der Waals surface area contributed by atoms with Gasteiger partial charge in [-0.1, -0.05) is 12.1 Å². The Labute approximate surface area is 153 Å². The van der Waals surface area contributed by atoms with Crippen LogP contribution in [0.1, 0.15) is 23.5 Å². The number of likely N-dealkylation sites (N-methyl/N-ethyl adjacent to an activating group) is 1. The number of benzene rings is 1. The highest BCUT2D eigenvalue weighted by Crippen LogP contribution is 2.34. The molecule has 0 fully saturated rings. The fraction of sp³-hybridized carbons (Fsp3) is 0.278. The van der Waals surface area contributed by atoms with Crippen molar-refractivity contribution in [3.8, 4) is 9.88 Å². The van der Waals surface area contributed by atoms with E-state index in [9.17, 15) is 9.59 Å². The van der Waals surface area contributed by atoms with E-state index in [-0.39, 0.29) is 12.5 Å². The van der Waals surface area contributed by atoms with Crippen LogP contribution in [0.25, 0.3) is 20.1 Å². The summed E-state index contributed by atoms with van der Waals surface area (Å²) < 4.78 is 6.26. The van der Waals surface area contributed by atoms with Crippen LogP contribution >= 0.6 is 22.7 Å². The van der Waals surface area contributed by atoms with Gasteiger partial charge in [0.05, 0.1) is 15.1 Å². The van der Waals surface area contributed by atoms with Crippen LogP contribution in [-0.4, -0.2) is 41.5 Å². The lowest BCUT2D eigenvalue weighted by molar-refractivity contribution is -0.134. The van der Waals surface area contributed by atoms with Crippen molar-refractivity contribution >= 4 is 44.8 Å². The zero-order valence-electron chi connectivity index (χ0n) is 14.0. The molecule has 0 saturated carbocycles. The lowest BCUT2D eigenvalue weighted by atomic mass is 10.3. The summed E-state index contributed by atoms with van der Waals surface area (Å²) in [7, 11) is 0. The second-order valence-corrected chi connectivity index (χ2v) is 7.41. The average Bonchev–Trinajstić information content (AvgIpc) is 3.27. The molecular weight excluding hydrogens is 356 g/mol. The lowest BCUT2D eigenvalue weighted by Crippen LogP contribution is -2.34. The summed E-state index contributed by atoms with van der Waals surface area (Å²) in [5.41, 5.74) is 0.949. The second-order valence-electron chi connectivity index (χ2n) is 5.29. The molecule has 0 atom stereocenters. The van der Waals surface area contributed by atoms with Crippen molar-refractivity contribution in [3.05, 3.63) is 41.3 Å². The molecule has 2 heterocycles. The van der Waals surface area contributed by atoms with E-state index in [1.165, 1.54) is 11.3 Å². The van der Waals surface area contributed by atoms with Crippen LogP contribution in [0.3, 0.4) is 0 Å². The first-order chi connectivity index (χ1) is 12.1. The molecule has 0 aliphatic rings. The molecule has 0 aliphatic carbocycles. The van der Waals surface area contributed by atoms with Gasteiger partial charge >= 0.3 is 5.97 Å². The summed E-state index contributed by atoms with van der Waals surface area (Å²) in [6.45, 7) is 4.77. The molecule has 1 amide bonds. The second kappa shape index (κ2) is 7.76. The minimum Gasteiger partial charge on any atom is -0.451 e. The fourth-order valence-electron chi connectivity index (χ4n) is 2.41. The Bertz CT molecular complexity index is 864. The van der Waals surface area contributed by atoms with Crippen molar-refractivity contribution in [1.82, 2.24) is 9.88 Å². The van der Waals surface area contributed by atoms with Crippen LogP contribution < -0.4 is 0 Å². The monoisotopic (exact) mass is 374 g/mol. The maximum Gasteiger partial charge on any atom is 0.348 e. The molecule has 0 aliphatic heterocycles. The molecule has 1 aromatic carbocycles. The molecule has 0 spiro atoms. The number of rotatable bonds is 6. The number of ether oxygens (including phenoxy) is 1. The Morgan fingerprint density at radius 2 is 1.84 bits per heavy atom. The molecule has 2 aromatic heterocycles. The van der Waals surface area contributed by atoms with Gasteiger partial charge in [0.1, 0.15) is 9.88 Å². The Morgan fingerprint density at radius 3 is 2.56 bits per heavy atom. The average molecular weight is 374 g/mol. The number of esters is 1. The van der Waals surface area contributed by atoms with E-state index in [0.29, 0.717) is 18.0 Å². The zero-order chi connectivity index (χ0) is 17.8. The Balaban J connectivity index is 1.68. The van der Waals surface area contributed by atoms with E-state index in [4.69, 9.17) is 4.74 Å². The van der Waals surface area contributed by atoms with Crippen molar-refractivity contribution in [2.24, 2.45) is 0 Å². The first-order valence-corrected chi connectivity index (χ1v) is 9.66. The summed E-state index contributed by atoms with van der Waals surface area (Å²) in [6, 6.07) is 11.5. The molecule has 0 radical (unpaired) electrons. The van der Waals surface area contributed by atoms with E-state index in [1.54, 1.807) is 22.3 Å². The fourth-order valence-corrected chi connectivity index (χ4v) is 4.33. The predicted octanol–water partition coefficient (Wildman–Crippen LogP) is 4.05. The molecule has 0 bridgehead atoms. The third kappa shape index (κ3) is 3.88. The van der Waals surface area contributed by atoms with E-state index in [2.05, 4.69) is 4.98 Å². The van der Waals surface area contributed by atoms with Gasteiger partial charge in [0.15, 0.2) is 6.61 Å². The number of carbonyl (C=O) groups is 2. The van der Waals surface area contributed by atoms with E-state index in [0.717, 1.165) is 20.1 Å². The summed E-state index contributed by atoms with van der Waals surface area (Å²) in [5, 5.41) is 0.879. The molecule has 3 rings (SSSR count). The third-order valence-electron chi connectivity index (χ3n) is 3.75. The molecular formula is C18H18N2O3S2. The molecule has 3 aromatic rings. The van der Waals surface area contributed by atoms with Crippen LogP contribution in [0.2, 0.25) is 0 Å². The normalized spacial score (nSPS) is 10.8. The lowest BCUT2D eigenvalue weighted by Gasteiger charge is -2.17. The van der Waals surface area contributed by atoms with Crippen LogP contribution in [0.15, 0.2) is 36.4 Å². The molecule has 0 N–H and O–H groups in total. The summed E-state index contributed by atoms with van der Waals surface area (Å²) in [5.74, 6) is -0.654. The zero-order valence-corrected chi connectivity index (χ0v) is 15.7. The van der Waals surface area contributed by atoms with Gasteiger partial charge in [-0.05, 0) is 38.1 Å². The molecule has 130 valence electrons. The number of thiophene rings is 1. The Kier molecular flexibility index (Phi) is 5.45. The smallest absolute Gasteiger partial charge is 0.348 e. The van der Waals surface area contributed by atoms with Gasteiger partial charge in [0.2, 0.25) is 0 Å². The maximum absolute atomic E-state index is 12.2. The van der Waals surface area contributed by atoms with Crippen LogP contribution in [0.4, 0.5) is 0 Å². The minimum absolute atomic E-state index is 0.179. The highest BCUT2D eigenvalue weighted by Gasteiger charge is 2.17. The van der Waals surface area contributed by atoms with Gasteiger partial charge < -0.3 is 9.64 Å². The van der Waals surface area contributed by atoms with E-state index >= 15 is 0 Å². The standard InChI is InChI=1S/C18H18N2O3S2/c1-3-20(4-2)16(21)11-23-18(22)15-10-9-14(24-15)17-19-12-7-5-6-8-13(12)25-17/h5-10H,3-4,11H2,1-2H3. The third-order valence-corrected chi connectivity index (χ3v) is 6.03. The summed E-state index contributed by atoms with van der Waals surface area (Å²) in [4.78, 5) is 31.7. The largest absolute Gasteiger partial charge is 0.451 e. The van der Waals surface area contributed by atoms with Crippen molar-refractivity contribution in [3.63, 3.8) is 0 Å². The molecule has 25 heavy (non-hydrogen) atoms. The molecule has 7 heteroatoms. The quantitative estimate of drug-likeness (QED) is 0.611. The van der Waals surface area contributed by atoms with Gasteiger partial charge in [0, 0.05) is 13.1 Å². The Hall–Kier alpha value is -2.25. The van der Waals surface area contributed by atoms with Gasteiger partial charge in [-0.15, -0.1) is 22.7 Å². The molecule has 5 nitrogen and oxygen atoms in total. The number of nitrogens with zero attached hydrogens (tertiary/aromatic N) is 2. The van der Waals surface area contributed by atoms with Gasteiger partial charge in [-0.3, -0.25) is 4.79 Å². The van der Waals surface area contributed by atoms with Gasteiger partial charge in [-0.25, -0.2) is 9.78 Å². The number of fused-ring (bicyclic) bond motifs is 1. The Morgan fingerprint density at radius 1 is 1.08 bits per heavy atom. The first-order valence-electron chi connectivity index (χ1n) is 8.03. The summed E-state index contributed by atoms with van der Waals surface area (Å²) >= 11 is 2.92. The number of hydrogen-bond donors (Lipinski definition) is 0. The first kappa shape index (κ1) is 17.6. The number of carbonyl (C=O) groups excluding carboxylic acids is 2. The number of para-hydroxylation sites is 1. The number of aromatic nitrogens is 1. The van der Waals surface area contributed by atoms with E-state index < -0.39 is 5.97 Å². The number of hydrogen-bond acceptors (Lipinski definition) is 6. The SMILES string of the molecule is CCN(CC)C(=O)COC(=O)c1ccc(-c2nc3ccccc3s2)s1. The van der Waals surface area contributed by atoms with Gasteiger partial charge in [-0.2, -0.15) is 0 Å². The van der Waals surface area contributed by atoms with Crippen molar-refractivity contribution < 1.29 is 14.3 Å². The summed E-state index contributed by atoms with van der Waals surface area (Å²) in [6.07, 6.45) is 0. The van der Waals surface area contributed by atoms with Crippen molar-refractivity contribution in [2.45, 2.75) is 13.8 Å². The maximum atomic E-state index is 12.2.